The van der Waals surface area contributed by atoms with Gasteiger partial charge in [0.2, 0.25) is 5.95 Å². The number of nitrogen functional groups attached to an aromatic ring is 1. The summed E-state index contributed by atoms with van der Waals surface area (Å²) in [6, 6.07) is 8.57. The predicted molar refractivity (Wildman–Crippen MR) is 76.9 cm³/mol. The van der Waals surface area contributed by atoms with E-state index in [0.717, 1.165) is 11.4 Å². The second-order valence-corrected chi connectivity index (χ2v) is 4.18. The van der Waals surface area contributed by atoms with Crippen molar-refractivity contribution in [2.75, 3.05) is 17.7 Å². The lowest BCUT2D eigenvalue weighted by Gasteiger charge is -2.07. The summed E-state index contributed by atoms with van der Waals surface area (Å²) in [5, 5.41) is 3.03. The number of hydrogen-bond donors (Lipinski definition) is 2. The average Bonchev–Trinajstić information content (AvgIpc) is 2.38. The largest absolute Gasteiger partial charge is 0.462 e. The Bertz CT molecular complexity index is 591. The molecule has 0 aliphatic rings. The Morgan fingerprint density at radius 3 is 2.60 bits per heavy atom. The summed E-state index contributed by atoms with van der Waals surface area (Å²) in [7, 11) is 0. The maximum Gasteiger partial charge on any atom is 0.338 e. The number of hydrogen-bond acceptors (Lipinski definition) is 6. The van der Waals surface area contributed by atoms with Crippen LogP contribution in [0.3, 0.4) is 0 Å². The zero-order chi connectivity index (χ0) is 14.5. The first-order valence-electron chi connectivity index (χ1n) is 6.24. The summed E-state index contributed by atoms with van der Waals surface area (Å²) in [6.07, 6.45) is 0. The van der Waals surface area contributed by atoms with Crippen LogP contribution in [0.5, 0.6) is 0 Å². The smallest absolute Gasteiger partial charge is 0.338 e. The molecule has 104 valence electrons. The number of carbonyl (C=O) groups excluding carboxylic acids is 1. The third-order valence-corrected chi connectivity index (χ3v) is 2.53. The molecule has 0 unspecified atom stereocenters. The zero-order valence-corrected chi connectivity index (χ0v) is 11.4. The van der Waals surface area contributed by atoms with Crippen LogP contribution in [0, 0.1) is 6.92 Å². The number of ether oxygens (including phenoxy) is 1. The van der Waals surface area contributed by atoms with Gasteiger partial charge in [-0.3, -0.25) is 0 Å². The molecule has 1 aromatic heterocycles. The van der Waals surface area contributed by atoms with Gasteiger partial charge in [0.05, 0.1) is 12.2 Å². The van der Waals surface area contributed by atoms with Gasteiger partial charge in [-0.25, -0.2) is 9.78 Å². The molecule has 3 N–H and O–H groups in total. The Kier molecular flexibility index (Phi) is 4.14. The molecule has 0 aliphatic carbocycles. The molecule has 20 heavy (non-hydrogen) atoms. The molecule has 2 rings (SSSR count). The van der Waals surface area contributed by atoms with Gasteiger partial charge in [-0.05, 0) is 38.1 Å². The van der Waals surface area contributed by atoms with Gasteiger partial charge < -0.3 is 15.8 Å². The van der Waals surface area contributed by atoms with Gasteiger partial charge >= 0.3 is 5.97 Å². The van der Waals surface area contributed by atoms with E-state index in [1.54, 1.807) is 37.3 Å². The van der Waals surface area contributed by atoms with E-state index < -0.39 is 0 Å². The molecule has 6 nitrogen and oxygen atoms in total. The fraction of sp³-hybridized carbons (Fsp3) is 0.214. The minimum atomic E-state index is -0.338. The van der Waals surface area contributed by atoms with Gasteiger partial charge in [-0.15, -0.1) is 0 Å². The molecule has 6 heteroatoms. The second kappa shape index (κ2) is 6.01. The van der Waals surface area contributed by atoms with E-state index in [4.69, 9.17) is 10.5 Å². The van der Waals surface area contributed by atoms with Crippen molar-refractivity contribution in [3.05, 3.63) is 41.6 Å². The summed E-state index contributed by atoms with van der Waals surface area (Å²) < 4.78 is 4.92. The molecule has 0 saturated heterocycles. The second-order valence-electron chi connectivity index (χ2n) is 4.18. The molecule has 0 radical (unpaired) electrons. The first-order chi connectivity index (χ1) is 9.58. The predicted octanol–water partition coefficient (Wildman–Crippen LogP) is 2.29. The number of nitrogens with one attached hydrogen (secondary N) is 1. The minimum Gasteiger partial charge on any atom is -0.462 e. The number of aryl methyl sites for hydroxylation is 1. The van der Waals surface area contributed by atoms with Gasteiger partial charge in [0.15, 0.2) is 0 Å². The van der Waals surface area contributed by atoms with Crippen molar-refractivity contribution in [1.29, 1.82) is 0 Å². The fourth-order valence-corrected chi connectivity index (χ4v) is 1.68. The number of carbonyl (C=O) groups is 1. The average molecular weight is 272 g/mol. The van der Waals surface area contributed by atoms with Crippen LogP contribution in [0.2, 0.25) is 0 Å². The lowest BCUT2D eigenvalue weighted by molar-refractivity contribution is 0.0526. The maximum atomic E-state index is 11.5. The van der Waals surface area contributed by atoms with Crippen molar-refractivity contribution in [3.63, 3.8) is 0 Å². The van der Waals surface area contributed by atoms with Crippen LogP contribution >= 0.6 is 0 Å². The highest BCUT2D eigenvalue weighted by Gasteiger charge is 2.06. The summed E-state index contributed by atoms with van der Waals surface area (Å²) in [6.45, 7) is 3.97. The van der Waals surface area contributed by atoms with Crippen molar-refractivity contribution in [3.8, 4) is 0 Å². The van der Waals surface area contributed by atoms with Gasteiger partial charge in [0.1, 0.15) is 5.82 Å². The monoisotopic (exact) mass is 272 g/mol. The van der Waals surface area contributed by atoms with Crippen LogP contribution in [-0.2, 0) is 4.74 Å². The molecule has 1 aromatic carbocycles. The Hall–Kier alpha value is -2.63. The number of nitrogens with zero attached hydrogens (tertiary/aromatic N) is 2. The molecule has 0 spiro atoms. The highest BCUT2D eigenvalue weighted by molar-refractivity contribution is 5.89. The molecule has 0 atom stereocenters. The van der Waals surface area contributed by atoms with Gasteiger partial charge in [-0.2, -0.15) is 4.98 Å². The third kappa shape index (κ3) is 3.44. The quantitative estimate of drug-likeness (QED) is 0.830. The molecule has 0 fully saturated rings. The first-order valence-corrected chi connectivity index (χ1v) is 6.24. The number of esters is 1. The summed E-state index contributed by atoms with van der Waals surface area (Å²) in [5.74, 6) is 0.490. The lowest BCUT2D eigenvalue weighted by atomic mass is 10.2. The topological polar surface area (TPSA) is 90.1 Å². The zero-order valence-electron chi connectivity index (χ0n) is 11.4. The number of aromatic nitrogens is 2. The number of anilines is 3. The van der Waals surface area contributed by atoms with Crippen molar-refractivity contribution in [1.82, 2.24) is 9.97 Å². The molecule has 0 saturated carbocycles. The molecular formula is C14H16N4O2. The first kappa shape index (κ1) is 13.8. The minimum absolute atomic E-state index is 0.338. The maximum absolute atomic E-state index is 11.5. The van der Waals surface area contributed by atoms with E-state index in [1.807, 2.05) is 6.92 Å². The fourth-order valence-electron chi connectivity index (χ4n) is 1.68. The highest BCUT2D eigenvalue weighted by atomic mass is 16.5. The van der Waals surface area contributed by atoms with Gasteiger partial charge in [0.25, 0.3) is 0 Å². The van der Waals surface area contributed by atoms with Crippen LogP contribution in [-0.4, -0.2) is 22.5 Å². The van der Waals surface area contributed by atoms with Crippen molar-refractivity contribution < 1.29 is 9.53 Å². The SMILES string of the molecule is CCOC(=O)c1ccc(Nc2nc(C)cc(N)n2)cc1. The van der Waals surface area contributed by atoms with E-state index >= 15 is 0 Å². The number of benzene rings is 1. The molecule has 0 bridgehead atoms. The Balaban J connectivity index is 2.12. The van der Waals surface area contributed by atoms with E-state index in [-0.39, 0.29) is 5.97 Å². The number of nitrogens with two attached hydrogens (primary N) is 1. The number of rotatable bonds is 4. The normalized spacial score (nSPS) is 10.1. The van der Waals surface area contributed by atoms with Crippen LogP contribution in [0.4, 0.5) is 17.5 Å². The Morgan fingerprint density at radius 2 is 2.00 bits per heavy atom. The van der Waals surface area contributed by atoms with Crippen molar-refractivity contribution in [2.45, 2.75) is 13.8 Å². The van der Waals surface area contributed by atoms with Gasteiger partial charge in [-0.1, -0.05) is 0 Å². The van der Waals surface area contributed by atoms with Gasteiger partial charge in [0, 0.05) is 17.4 Å². The molecular weight excluding hydrogens is 256 g/mol. The summed E-state index contributed by atoms with van der Waals surface area (Å²) in [4.78, 5) is 19.8. The Morgan fingerprint density at radius 1 is 1.30 bits per heavy atom. The van der Waals surface area contributed by atoms with E-state index in [2.05, 4.69) is 15.3 Å². The molecule has 2 aromatic rings. The molecule has 1 heterocycles. The van der Waals surface area contributed by atoms with Crippen molar-refractivity contribution >= 4 is 23.4 Å². The molecule has 0 amide bonds. The van der Waals surface area contributed by atoms with Crippen LogP contribution in [0.25, 0.3) is 0 Å². The Labute approximate surface area is 117 Å². The third-order valence-electron chi connectivity index (χ3n) is 2.53. The van der Waals surface area contributed by atoms with Crippen LogP contribution in [0.15, 0.2) is 30.3 Å². The molecule has 0 aliphatic heterocycles. The van der Waals surface area contributed by atoms with Crippen LogP contribution < -0.4 is 11.1 Å². The van der Waals surface area contributed by atoms with E-state index in [0.29, 0.717) is 23.9 Å². The lowest BCUT2D eigenvalue weighted by Crippen LogP contribution is -2.05. The summed E-state index contributed by atoms with van der Waals surface area (Å²) in [5.41, 5.74) is 7.71. The summed E-state index contributed by atoms with van der Waals surface area (Å²) >= 11 is 0. The van der Waals surface area contributed by atoms with Crippen LogP contribution in [0.1, 0.15) is 23.0 Å². The van der Waals surface area contributed by atoms with Crippen molar-refractivity contribution in [2.24, 2.45) is 0 Å². The van der Waals surface area contributed by atoms with E-state index in [9.17, 15) is 4.79 Å². The van der Waals surface area contributed by atoms with E-state index in [1.165, 1.54) is 0 Å². The standard InChI is InChI=1S/C14H16N4O2/c1-3-20-13(19)10-4-6-11(7-5-10)17-14-16-9(2)8-12(15)18-14/h4-8H,3H2,1-2H3,(H3,15,16,17,18). The highest BCUT2D eigenvalue weighted by Crippen LogP contribution is 2.15.